The van der Waals surface area contributed by atoms with Gasteiger partial charge in [-0.15, -0.1) is 0 Å². The SMILES string of the molecule is CC(C[c-]1cccc1)c1ccccc1.CC(C[c-]1cccc1)c1ccccc1.[Cl-].[Cl-].[Zr+4]. The molecular formula is C28H30Cl2Zr. The van der Waals surface area contributed by atoms with Crippen molar-refractivity contribution >= 4 is 0 Å². The molecule has 0 radical (unpaired) electrons. The predicted molar refractivity (Wildman–Crippen MR) is 121 cm³/mol. The van der Waals surface area contributed by atoms with Crippen LogP contribution in [0, 0.1) is 0 Å². The smallest absolute Gasteiger partial charge is 1.00 e. The molecule has 0 nitrogen and oxygen atoms in total. The summed E-state index contributed by atoms with van der Waals surface area (Å²) in [4.78, 5) is 0. The van der Waals surface area contributed by atoms with E-state index in [1.165, 1.54) is 22.3 Å². The van der Waals surface area contributed by atoms with Crippen LogP contribution in [0.2, 0.25) is 0 Å². The van der Waals surface area contributed by atoms with Crippen molar-refractivity contribution in [1.82, 2.24) is 0 Å². The Morgan fingerprint density at radius 2 is 0.806 bits per heavy atom. The van der Waals surface area contributed by atoms with E-state index in [0.29, 0.717) is 11.8 Å². The summed E-state index contributed by atoms with van der Waals surface area (Å²) in [7, 11) is 0. The van der Waals surface area contributed by atoms with Gasteiger partial charge in [0.25, 0.3) is 0 Å². The summed E-state index contributed by atoms with van der Waals surface area (Å²) in [5, 5.41) is 0. The fourth-order valence-electron chi connectivity index (χ4n) is 3.61. The third-order valence-corrected chi connectivity index (χ3v) is 5.28. The van der Waals surface area contributed by atoms with Gasteiger partial charge in [-0.05, 0) is 23.0 Å². The first-order chi connectivity index (χ1) is 13.7. The van der Waals surface area contributed by atoms with Gasteiger partial charge in [0.05, 0.1) is 0 Å². The topological polar surface area (TPSA) is 0 Å². The second-order valence-corrected chi connectivity index (χ2v) is 7.62. The molecule has 0 heterocycles. The number of hydrogen-bond acceptors (Lipinski definition) is 0. The third-order valence-electron chi connectivity index (χ3n) is 5.28. The van der Waals surface area contributed by atoms with Crippen molar-refractivity contribution in [2.24, 2.45) is 0 Å². The first-order valence-corrected chi connectivity index (χ1v) is 10.2. The molecule has 160 valence electrons. The van der Waals surface area contributed by atoms with E-state index >= 15 is 0 Å². The van der Waals surface area contributed by atoms with Gasteiger partial charge < -0.3 is 24.8 Å². The second-order valence-electron chi connectivity index (χ2n) is 7.62. The molecule has 31 heavy (non-hydrogen) atoms. The van der Waals surface area contributed by atoms with Gasteiger partial charge in [-0.3, -0.25) is 0 Å². The summed E-state index contributed by atoms with van der Waals surface area (Å²) in [6.07, 6.45) is 2.27. The van der Waals surface area contributed by atoms with Gasteiger partial charge in [0.1, 0.15) is 0 Å². The Balaban J connectivity index is 0.000000529. The van der Waals surface area contributed by atoms with Crippen molar-refractivity contribution in [3.63, 3.8) is 0 Å². The summed E-state index contributed by atoms with van der Waals surface area (Å²) < 4.78 is 0. The summed E-state index contributed by atoms with van der Waals surface area (Å²) in [5.74, 6) is 1.22. The molecule has 0 spiro atoms. The minimum absolute atomic E-state index is 0. The van der Waals surface area contributed by atoms with Crippen molar-refractivity contribution < 1.29 is 51.0 Å². The molecule has 0 N–H and O–H groups in total. The van der Waals surface area contributed by atoms with Crippen LogP contribution in [0.25, 0.3) is 0 Å². The van der Waals surface area contributed by atoms with Gasteiger partial charge in [0, 0.05) is 0 Å². The maximum absolute atomic E-state index is 2.28. The second kappa shape index (κ2) is 16.3. The van der Waals surface area contributed by atoms with Gasteiger partial charge in [-0.1, -0.05) is 87.4 Å². The van der Waals surface area contributed by atoms with E-state index in [1.807, 2.05) is 0 Å². The van der Waals surface area contributed by atoms with Crippen molar-refractivity contribution in [3.05, 3.63) is 131 Å². The average molecular weight is 529 g/mol. The Labute approximate surface area is 219 Å². The third kappa shape index (κ3) is 10.2. The largest absolute Gasteiger partial charge is 4.00 e. The van der Waals surface area contributed by atoms with Gasteiger partial charge in [0.15, 0.2) is 0 Å². The van der Waals surface area contributed by atoms with E-state index in [-0.39, 0.29) is 51.0 Å². The van der Waals surface area contributed by atoms with E-state index in [0.717, 1.165) is 12.8 Å². The number of halogens is 2. The van der Waals surface area contributed by atoms with Gasteiger partial charge >= 0.3 is 26.2 Å². The molecule has 0 saturated heterocycles. The number of rotatable bonds is 6. The monoisotopic (exact) mass is 526 g/mol. The number of benzene rings is 2. The first kappa shape index (κ1) is 29.6. The van der Waals surface area contributed by atoms with Gasteiger partial charge in [-0.25, -0.2) is 24.3 Å². The van der Waals surface area contributed by atoms with Crippen LogP contribution >= 0.6 is 0 Å². The summed E-state index contributed by atoms with van der Waals surface area (Å²) in [5.41, 5.74) is 5.71. The van der Waals surface area contributed by atoms with Crippen molar-refractivity contribution in [2.75, 3.05) is 0 Å². The zero-order valence-electron chi connectivity index (χ0n) is 18.2. The maximum Gasteiger partial charge on any atom is 4.00 e. The van der Waals surface area contributed by atoms with Crippen LogP contribution in [0.4, 0.5) is 0 Å². The molecule has 0 amide bonds. The summed E-state index contributed by atoms with van der Waals surface area (Å²) in [6.45, 7) is 4.56. The quantitative estimate of drug-likeness (QED) is 0.333. The van der Waals surface area contributed by atoms with E-state index in [4.69, 9.17) is 0 Å². The molecule has 4 aromatic carbocycles. The van der Waals surface area contributed by atoms with Gasteiger partial charge in [0.2, 0.25) is 0 Å². The molecule has 0 aliphatic heterocycles. The molecule has 2 unspecified atom stereocenters. The molecule has 2 atom stereocenters. The summed E-state index contributed by atoms with van der Waals surface area (Å²) >= 11 is 0. The van der Waals surface area contributed by atoms with Crippen LogP contribution in [0.3, 0.4) is 0 Å². The number of hydrogen-bond donors (Lipinski definition) is 0. The molecular weight excluding hydrogens is 498 g/mol. The zero-order chi connectivity index (χ0) is 19.6. The molecule has 0 aliphatic rings. The Morgan fingerprint density at radius 3 is 1.10 bits per heavy atom. The molecule has 0 fully saturated rings. The molecule has 3 heteroatoms. The Bertz CT molecular complexity index is 807. The van der Waals surface area contributed by atoms with E-state index in [1.54, 1.807) is 0 Å². The molecule has 4 aromatic rings. The van der Waals surface area contributed by atoms with Crippen LogP contribution in [0.15, 0.2) is 109 Å². The standard InChI is InChI=1S/2C14H15.2ClH.Zr/c2*1-12(11-13-7-5-6-8-13)14-9-3-2-4-10-14;;;/h2*2-10,12H,11H2,1H3;2*1H;/q2*-1;;;+4/p-2. The zero-order valence-corrected chi connectivity index (χ0v) is 22.2. The minimum atomic E-state index is 0. The molecule has 0 aliphatic carbocycles. The van der Waals surface area contributed by atoms with Crippen LogP contribution in [0.1, 0.15) is 47.9 Å². The maximum atomic E-state index is 2.28. The van der Waals surface area contributed by atoms with E-state index < -0.39 is 0 Å². The Kier molecular flexibility index (Phi) is 15.5. The van der Waals surface area contributed by atoms with Crippen LogP contribution < -0.4 is 24.8 Å². The Hall–Kier alpha value is -1.40. The average Bonchev–Trinajstić information content (AvgIpc) is 3.44. The van der Waals surface area contributed by atoms with E-state index in [9.17, 15) is 0 Å². The van der Waals surface area contributed by atoms with Gasteiger partial charge in [-0.2, -0.15) is 35.4 Å². The van der Waals surface area contributed by atoms with Crippen LogP contribution in [-0.4, -0.2) is 0 Å². The Morgan fingerprint density at radius 1 is 0.516 bits per heavy atom. The van der Waals surface area contributed by atoms with Crippen LogP contribution in [-0.2, 0) is 39.0 Å². The molecule has 4 rings (SSSR count). The van der Waals surface area contributed by atoms with Crippen molar-refractivity contribution in [3.8, 4) is 0 Å². The van der Waals surface area contributed by atoms with Crippen molar-refractivity contribution in [1.29, 1.82) is 0 Å². The normalized spacial score (nSPS) is 11.4. The van der Waals surface area contributed by atoms with Crippen molar-refractivity contribution in [2.45, 2.75) is 38.5 Å². The first-order valence-electron chi connectivity index (χ1n) is 10.2. The fraction of sp³-hybridized carbons (Fsp3) is 0.214. The minimum Gasteiger partial charge on any atom is -1.00 e. The summed E-state index contributed by atoms with van der Waals surface area (Å²) in [6, 6.07) is 38.6. The molecule has 0 saturated carbocycles. The van der Waals surface area contributed by atoms with Crippen LogP contribution in [0.5, 0.6) is 0 Å². The van der Waals surface area contributed by atoms with E-state index in [2.05, 4.69) is 123 Å². The fourth-order valence-corrected chi connectivity index (χ4v) is 3.61. The predicted octanol–water partition coefficient (Wildman–Crippen LogP) is 1.51. The molecule has 0 aromatic heterocycles. The molecule has 0 bridgehead atoms.